The average molecular weight is 250 g/mol. The SMILES string of the molecule is CC1=CC(=O)C(C(C)(C)CC(C)(C)C)=C(O)C1=O. The lowest BCUT2D eigenvalue weighted by molar-refractivity contribution is -0.118. The molecule has 0 saturated heterocycles. The van der Waals surface area contributed by atoms with Gasteiger partial charge in [0.1, 0.15) is 0 Å². The molecule has 1 aliphatic carbocycles. The summed E-state index contributed by atoms with van der Waals surface area (Å²) in [5, 5.41) is 9.98. The van der Waals surface area contributed by atoms with Crippen LogP contribution in [0.3, 0.4) is 0 Å². The lowest BCUT2D eigenvalue weighted by Crippen LogP contribution is -2.31. The van der Waals surface area contributed by atoms with Crippen molar-refractivity contribution in [2.75, 3.05) is 0 Å². The number of ketones is 2. The van der Waals surface area contributed by atoms with Gasteiger partial charge in [-0.1, -0.05) is 34.6 Å². The Bertz CT molecular complexity index is 457. The molecule has 0 fully saturated rings. The quantitative estimate of drug-likeness (QED) is 0.764. The van der Waals surface area contributed by atoms with Gasteiger partial charge < -0.3 is 5.11 Å². The highest BCUT2D eigenvalue weighted by Gasteiger charge is 2.38. The Labute approximate surface area is 109 Å². The normalized spacial score (nSPS) is 18.2. The fourth-order valence-electron chi connectivity index (χ4n) is 2.82. The van der Waals surface area contributed by atoms with E-state index in [9.17, 15) is 14.7 Å². The Hall–Kier alpha value is -1.38. The summed E-state index contributed by atoms with van der Waals surface area (Å²) in [6.07, 6.45) is 2.03. The fraction of sp³-hybridized carbons (Fsp3) is 0.600. The number of carbonyl (C=O) groups excluding carboxylic acids is 2. The molecule has 0 aromatic rings. The monoisotopic (exact) mass is 250 g/mol. The lowest BCUT2D eigenvalue weighted by atomic mass is 9.69. The van der Waals surface area contributed by atoms with E-state index in [2.05, 4.69) is 20.8 Å². The van der Waals surface area contributed by atoms with Crippen molar-refractivity contribution in [1.82, 2.24) is 0 Å². The minimum atomic E-state index is -0.522. The van der Waals surface area contributed by atoms with Crippen LogP contribution in [0.2, 0.25) is 0 Å². The second-order valence-corrected chi connectivity index (χ2v) is 6.87. The summed E-state index contributed by atoms with van der Waals surface area (Å²) in [5.41, 5.74) is 0.0311. The van der Waals surface area contributed by atoms with Gasteiger partial charge in [-0.15, -0.1) is 0 Å². The van der Waals surface area contributed by atoms with Gasteiger partial charge in [-0.05, 0) is 30.3 Å². The minimum Gasteiger partial charge on any atom is -0.504 e. The summed E-state index contributed by atoms with van der Waals surface area (Å²) in [5.74, 6) is -1.07. The number of Topliss-reactive ketones (excluding diaryl/α,β-unsaturated/α-hetero) is 1. The number of allylic oxidation sites excluding steroid dienone is 3. The molecule has 1 aliphatic rings. The summed E-state index contributed by atoms with van der Waals surface area (Å²) >= 11 is 0. The molecular formula is C15H22O3. The Morgan fingerprint density at radius 1 is 1.11 bits per heavy atom. The summed E-state index contributed by atoms with van der Waals surface area (Å²) in [7, 11) is 0. The van der Waals surface area contributed by atoms with E-state index in [0.717, 1.165) is 0 Å². The van der Waals surface area contributed by atoms with E-state index in [1.165, 1.54) is 6.08 Å². The molecule has 0 saturated carbocycles. The van der Waals surface area contributed by atoms with Crippen LogP contribution in [-0.4, -0.2) is 16.7 Å². The largest absolute Gasteiger partial charge is 0.504 e. The van der Waals surface area contributed by atoms with Crippen molar-refractivity contribution < 1.29 is 14.7 Å². The third-order valence-electron chi connectivity index (χ3n) is 3.05. The second-order valence-electron chi connectivity index (χ2n) is 6.87. The Kier molecular flexibility index (Phi) is 3.57. The van der Waals surface area contributed by atoms with Crippen LogP contribution in [0.25, 0.3) is 0 Å². The predicted octanol–water partition coefficient (Wildman–Crippen LogP) is 3.36. The van der Waals surface area contributed by atoms with Crippen LogP contribution in [0.5, 0.6) is 0 Å². The van der Waals surface area contributed by atoms with Crippen molar-refractivity contribution in [3.8, 4) is 0 Å². The van der Waals surface area contributed by atoms with Gasteiger partial charge in [0, 0.05) is 5.57 Å². The van der Waals surface area contributed by atoms with Crippen LogP contribution >= 0.6 is 0 Å². The summed E-state index contributed by atoms with van der Waals surface area (Å²) in [4.78, 5) is 23.8. The highest BCUT2D eigenvalue weighted by Crippen LogP contribution is 2.41. The van der Waals surface area contributed by atoms with Crippen LogP contribution < -0.4 is 0 Å². The van der Waals surface area contributed by atoms with E-state index >= 15 is 0 Å². The van der Waals surface area contributed by atoms with E-state index in [1.807, 2.05) is 13.8 Å². The average Bonchev–Trinajstić information content (AvgIpc) is 2.09. The zero-order valence-corrected chi connectivity index (χ0v) is 12.0. The number of rotatable bonds is 2. The maximum atomic E-state index is 12.0. The number of aliphatic hydroxyl groups excluding tert-OH is 1. The number of hydrogen-bond acceptors (Lipinski definition) is 3. The number of aliphatic hydroxyl groups is 1. The predicted molar refractivity (Wildman–Crippen MR) is 71.3 cm³/mol. The summed E-state index contributed by atoms with van der Waals surface area (Å²) < 4.78 is 0. The topological polar surface area (TPSA) is 54.4 Å². The summed E-state index contributed by atoms with van der Waals surface area (Å²) in [6, 6.07) is 0. The maximum Gasteiger partial charge on any atom is 0.223 e. The van der Waals surface area contributed by atoms with Crippen LogP contribution in [0, 0.1) is 10.8 Å². The first-order valence-corrected chi connectivity index (χ1v) is 6.17. The Morgan fingerprint density at radius 3 is 2.06 bits per heavy atom. The van der Waals surface area contributed by atoms with Gasteiger partial charge in [-0.2, -0.15) is 0 Å². The van der Waals surface area contributed by atoms with E-state index in [4.69, 9.17) is 0 Å². The summed E-state index contributed by atoms with van der Waals surface area (Å²) in [6.45, 7) is 11.5. The van der Waals surface area contributed by atoms with E-state index in [0.29, 0.717) is 12.0 Å². The standard InChI is InChI=1S/C15H22O3/c1-9-7-10(16)11(13(18)12(9)17)15(5,6)8-14(2,3)4/h7,18H,8H2,1-6H3. The molecule has 1 rings (SSSR count). The molecule has 0 amide bonds. The zero-order chi connectivity index (χ0) is 14.3. The molecule has 0 radical (unpaired) electrons. The molecule has 0 atom stereocenters. The van der Waals surface area contributed by atoms with Crippen molar-refractivity contribution >= 4 is 11.6 Å². The van der Waals surface area contributed by atoms with E-state index < -0.39 is 11.2 Å². The van der Waals surface area contributed by atoms with Crippen molar-refractivity contribution in [3.63, 3.8) is 0 Å². The highest BCUT2D eigenvalue weighted by atomic mass is 16.3. The lowest BCUT2D eigenvalue weighted by Gasteiger charge is -2.34. The molecule has 0 spiro atoms. The molecule has 3 nitrogen and oxygen atoms in total. The maximum absolute atomic E-state index is 12.0. The first-order valence-electron chi connectivity index (χ1n) is 6.17. The van der Waals surface area contributed by atoms with Crippen LogP contribution in [0.1, 0.15) is 48.0 Å². The van der Waals surface area contributed by atoms with Crippen LogP contribution in [0.15, 0.2) is 23.0 Å². The molecule has 1 N–H and O–H groups in total. The molecule has 18 heavy (non-hydrogen) atoms. The van der Waals surface area contributed by atoms with Crippen LogP contribution in [-0.2, 0) is 9.59 Å². The second kappa shape index (κ2) is 4.38. The smallest absolute Gasteiger partial charge is 0.223 e. The number of carbonyl (C=O) groups is 2. The van der Waals surface area contributed by atoms with Gasteiger partial charge in [0.25, 0.3) is 0 Å². The van der Waals surface area contributed by atoms with Crippen LogP contribution in [0.4, 0.5) is 0 Å². The van der Waals surface area contributed by atoms with Crippen molar-refractivity contribution in [2.24, 2.45) is 10.8 Å². The molecular weight excluding hydrogens is 228 g/mol. The Morgan fingerprint density at radius 2 is 1.61 bits per heavy atom. The molecule has 100 valence electrons. The molecule has 0 unspecified atom stereocenters. The van der Waals surface area contributed by atoms with Crippen molar-refractivity contribution in [2.45, 2.75) is 48.0 Å². The highest BCUT2D eigenvalue weighted by molar-refractivity contribution is 6.21. The molecule has 0 bridgehead atoms. The van der Waals surface area contributed by atoms with Gasteiger partial charge in [-0.3, -0.25) is 9.59 Å². The van der Waals surface area contributed by atoms with Gasteiger partial charge >= 0.3 is 0 Å². The third-order valence-corrected chi connectivity index (χ3v) is 3.05. The van der Waals surface area contributed by atoms with Gasteiger partial charge in [-0.25, -0.2) is 0 Å². The zero-order valence-electron chi connectivity index (χ0n) is 12.0. The van der Waals surface area contributed by atoms with E-state index in [1.54, 1.807) is 6.92 Å². The van der Waals surface area contributed by atoms with Gasteiger partial charge in [0.05, 0.1) is 5.57 Å². The Balaban J connectivity index is 3.23. The van der Waals surface area contributed by atoms with Gasteiger partial charge in [0.2, 0.25) is 5.78 Å². The fourth-order valence-corrected chi connectivity index (χ4v) is 2.82. The molecule has 0 aromatic heterocycles. The first-order chi connectivity index (χ1) is 7.96. The third kappa shape index (κ3) is 2.89. The molecule has 0 aliphatic heterocycles. The first kappa shape index (κ1) is 14.7. The van der Waals surface area contributed by atoms with E-state index in [-0.39, 0.29) is 22.5 Å². The number of hydrogen-bond donors (Lipinski definition) is 1. The minimum absolute atomic E-state index is 0.0102. The molecule has 0 aromatic carbocycles. The van der Waals surface area contributed by atoms with Crippen molar-refractivity contribution in [3.05, 3.63) is 23.0 Å². The van der Waals surface area contributed by atoms with Crippen molar-refractivity contribution in [1.29, 1.82) is 0 Å². The van der Waals surface area contributed by atoms with Gasteiger partial charge in [0.15, 0.2) is 11.5 Å². The molecule has 0 heterocycles. The molecule has 3 heteroatoms.